The van der Waals surface area contributed by atoms with Gasteiger partial charge < -0.3 is 0 Å². The van der Waals surface area contributed by atoms with E-state index in [0.717, 1.165) is 35.5 Å². The Morgan fingerprint density at radius 2 is 1.53 bits per heavy atom. The molecule has 17 heavy (non-hydrogen) atoms. The van der Waals surface area contributed by atoms with Crippen molar-refractivity contribution in [1.29, 1.82) is 0 Å². The molecule has 3 saturated carbocycles. The van der Waals surface area contributed by atoms with Gasteiger partial charge in [-0.3, -0.25) is 0 Å². The number of hydrogen-bond acceptors (Lipinski definition) is 0. The zero-order valence-electron chi connectivity index (χ0n) is 11.6. The topological polar surface area (TPSA) is 0 Å². The fourth-order valence-corrected chi connectivity index (χ4v) is 5.65. The van der Waals surface area contributed by atoms with Gasteiger partial charge in [0.25, 0.3) is 0 Å². The summed E-state index contributed by atoms with van der Waals surface area (Å²) < 4.78 is 0. The Morgan fingerprint density at radius 3 is 2.29 bits per heavy atom. The summed E-state index contributed by atoms with van der Waals surface area (Å²) in [5.41, 5.74) is 0. The van der Waals surface area contributed by atoms with E-state index in [4.69, 9.17) is 0 Å². The largest absolute Gasteiger partial charge is 0.0914 e. The highest BCUT2D eigenvalue weighted by atomic mass is 14.6. The van der Waals surface area contributed by atoms with Gasteiger partial charge in [-0.05, 0) is 68.1 Å². The Hall–Kier alpha value is -0.260. The molecule has 0 aromatic carbocycles. The number of allylic oxidation sites excluding steroid dienone is 2. The van der Waals surface area contributed by atoms with Gasteiger partial charge in [0.05, 0.1) is 0 Å². The van der Waals surface area contributed by atoms with E-state index in [1.807, 2.05) is 0 Å². The molecule has 0 aromatic heterocycles. The second kappa shape index (κ2) is 4.78. The van der Waals surface area contributed by atoms with E-state index in [9.17, 15) is 0 Å². The Balaban J connectivity index is 1.86. The third-order valence-corrected chi connectivity index (χ3v) is 6.22. The molecule has 0 nitrogen and oxygen atoms in total. The molecule has 0 spiro atoms. The average molecular weight is 232 g/mol. The van der Waals surface area contributed by atoms with Gasteiger partial charge in [-0.2, -0.15) is 0 Å². The van der Waals surface area contributed by atoms with Crippen molar-refractivity contribution in [1.82, 2.24) is 0 Å². The zero-order valence-corrected chi connectivity index (χ0v) is 11.6. The second-order valence-electron chi connectivity index (χ2n) is 6.83. The van der Waals surface area contributed by atoms with Gasteiger partial charge >= 0.3 is 0 Å². The van der Waals surface area contributed by atoms with E-state index in [2.05, 4.69) is 26.0 Å². The van der Waals surface area contributed by atoms with Crippen LogP contribution < -0.4 is 0 Å². The molecule has 0 heteroatoms. The minimum Gasteiger partial charge on any atom is -0.0914 e. The van der Waals surface area contributed by atoms with Crippen LogP contribution in [0.1, 0.15) is 58.8 Å². The lowest BCUT2D eigenvalue weighted by Gasteiger charge is -2.37. The maximum Gasteiger partial charge on any atom is -0.0200 e. The van der Waals surface area contributed by atoms with Crippen molar-refractivity contribution in [2.24, 2.45) is 35.5 Å². The van der Waals surface area contributed by atoms with E-state index in [-0.39, 0.29) is 0 Å². The van der Waals surface area contributed by atoms with Gasteiger partial charge in [-0.25, -0.2) is 0 Å². The molecule has 0 radical (unpaired) electrons. The molecule has 3 fully saturated rings. The molecule has 6 unspecified atom stereocenters. The maximum atomic E-state index is 2.58. The smallest absolute Gasteiger partial charge is 0.0200 e. The van der Waals surface area contributed by atoms with Crippen LogP contribution in [0.3, 0.4) is 0 Å². The molecule has 0 amide bonds. The van der Waals surface area contributed by atoms with E-state index < -0.39 is 0 Å². The lowest BCUT2D eigenvalue weighted by molar-refractivity contribution is 0.142. The van der Waals surface area contributed by atoms with Crippen LogP contribution in [-0.2, 0) is 0 Å². The highest BCUT2D eigenvalue weighted by Crippen LogP contribution is 2.58. The third kappa shape index (κ3) is 1.88. The average Bonchev–Trinajstić information content (AvgIpc) is 2.66. The molecule has 6 atom stereocenters. The third-order valence-electron chi connectivity index (χ3n) is 6.22. The Kier molecular flexibility index (Phi) is 3.32. The summed E-state index contributed by atoms with van der Waals surface area (Å²) in [6, 6.07) is 0. The summed E-state index contributed by atoms with van der Waals surface area (Å²) in [4.78, 5) is 0. The number of rotatable bonds is 1. The molecule has 0 aromatic rings. The van der Waals surface area contributed by atoms with Crippen LogP contribution in [0.25, 0.3) is 0 Å². The van der Waals surface area contributed by atoms with Crippen LogP contribution in [-0.4, -0.2) is 0 Å². The Bertz CT molecular complexity index is 290. The molecular formula is C17H28. The van der Waals surface area contributed by atoms with Crippen molar-refractivity contribution in [3.05, 3.63) is 12.2 Å². The normalized spacial score (nSPS) is 50.2. The Labute approximate surface area is 107 Å². The van der Waals surface area contributed by atoms with Gasteiger partial charge in [0.1, 0.15) is 0 Å². The molecule has 0 N–H and O–H groups in total. The van der Waals surface area contributed by atoms with E-state index in [1.165, 1.54) is 32.1 Å². The minimum atomic E-state index is 0.925. The van der Waals surface area contributed by atoms with Crippen LogP contribution in [0.15, 0.2) is 12.2 Å². The Morgan fingerprint density at radius 1 is 0.824 bits per heavy atom. The maximum absolute atomic E-state index is 2.58. The van der Waals surface area contributed by atoms with Crippen molar-refractivity contribution >= 4 is 0 Å². The molecule has 3 aliphatic carbocycles. The molecule has 0 bridgehead atoms. The van der Waals surface area contributed by atoms with Crippen LogP contribution >= 0.6 is 0 Å². The second-order valence-corrected chi connectivity index (χ2v) is 6.83. The van der Waals surface area contributed by atoms with Crippen LogP contribution in [0.4, 0.5) is 0 Å². The first-order chi connectivity index (χ1) is 8.33. The van der Waals surface area contributed by atoms with Crippen LogP contribution in [0.5, 0.6) is 0 Å². The van der Waals surface area contributed by atoms with E-state index >= 15 is 0 Å². The number of fused-ring (bicyclic) bond motifs is 3. The van der Waals surface area contributed by atoms with Gasteiger partial charge in [0.2, 0.25) is 0 Å². The fraction of sp³-hybridized carbons (Fsp3) is 0.882. The standard InChI is InChI=1S/C17H28/c1-3-7-13-8-6-11-15-12(2)14-9-4-5-10-16(14)17(13)15/h3,7,12-17H,4-6,8-11H2,1-2H3/b7-3-. The molecule has 3 rings (SSSR count). The highest BCUT2D eigenvalue weighted by Gasteiger charge is 2.51. The molecule has 96 valence electrons. The fourth-order valence-electron chi connectivity index (χ4n) is 5.65. The van der Waals surface area contributed by atoms with Crippen LogP contribution in [0, 0.1) is 35.5 Å². The van der Waals surface area contributed by atoms with Gasteiger partial charge in [-0.1, -0.05) is 38.3 Å². The monoisotopic (exact) mass is 232 g/mol. The zero-order chi connectivity index (χ0) is 11.8. The lowest BCUT2D eigenvalue weighted by Crippen LogP contribution is -2.29. The molecule has 0 saturated heterocycles. The minimum absolute atomic E-state index is 0.925. The van der Waals surface area contributed by atoms with Crippen molar-refractivity contribution in [2.45, 2.75) is 58.8 Å². The first-order valence-corrected chi connectivity index (χ1v) is 7.95. The van der Waals surface area contributed by atoms with Crippen molar-refractivity contribution in [3.8, 4) is 0 Å². The predicted octanol–water partition coefficient (Wildman–Crippen LogP) is 5.05. The summed E-state index contributed by atoms with van der Waals surface area (Å²) in [6.45, 7) is 4.78. The lowest BCUT2D eigenvalue weighted by atomic mass is 9.67. The summed E-state index contributed by atoms with van der Waals surface area (Å²) >= 11 is 0. The summed E-state index contributed by atoms with van der Waals surface area (Å²) in [5.74, 6) is 6.25. The molecule has 3 aliphatic rings. The van der Waals surface area contributed by atoms with Gasteiger partial charge in [-0.15, -0.1) is 0 Å². The first kappa shape index (κ1) is 11.8. The summed E-state index contributed by atoms with van der Waals surface area (Å²) in [7, 11) is 0. The first-order valence-electron chi connectivity index (χ1n) is 7.95. The summed E-state index contributed by atoms with van der Waals surface area (Å²) in [5, 5.41) is 0. The van der Waals surface area contributed by atoms with E-state index in [0.29, 0.717) is 0 Å². The van der Waals surface area contributed by atoms with Crippen molar-refractivity contribution in [2.75, 3.05) is 0 Å². The predicted molar refractivity (Wildman–Crippen MR) is 73.7 cm³/mol. The van der Waals surface area contributed by atoms with Crippen molar-refractivity contribution in [3.63, 3.8) is 0 Å². The summed E-state index contributed by atoms with van der Waals surface area (Å²) in [6.07, 6.45) is 15.5. The molecule has 0 heterocycles. The molecular weight excluding hydrogens is 204 g/mol. The SMILES string of the molecule is C/C=C\C1CCCC2C(C)C3CCCCC3C12. The van der Waals surface area contributed by atoms with E-state index in [1.54, 1.807) is 12.8 Å². The van der Waals surface area contributed by atoms with Crippen molar-refractivity contribution < 1.29 is 0 Å². The van der Waals surface area contributed by atoms with Gasteiger partial charge in [0, 0.05) is 0 Å². The highest BCUT2D eigenvalue weighted by molar-refractivity contribution is 5.05. The van der Waals surface area contributed by atoms with Gasteiger partial charge in [0.15, 0.2) is 0 Å². The quantitative estimate of drug-likeness (QED) is 0.555. The van der Waals surface area contributed by atoms with Crippen LogP contribution in [0.2, 0.25) is 0 Å². The molecule has 0 aliphatic heterocycles. The number of hydrogen-bond donors (Lipinski definition) is 0.